The van der Waals surface area contributed by atoms with Crippen LogP contribution in [0, 0.1) is 5.82 Å². The molecule has 0 aliphatic rings. The SMILES string of the molecule is OB(O)c1cc(F)ccc1CSCc1ccco1. The van der Waals surface area contributed by atoms with Gasteiger partial charge in [0.2, 0.25) is 0 Å². The van der Waals surface area contributed by atoms with E-state index in [9.17, 15) is 14.4 Å². The lowest BCUT2D eigenvalue weighted by Gasteiger charge is -2.08. The minimum atomic E-state index is -1.65. The van der Waals surface area contributed by atoms with E-state index >= 15 is 0 Å². The normalized spacial score (nSPS) is 10.6. The predicted molar refractivity (Wildman–Crippen MR) is 69.9 cm³/mol. The number of hydrogen-bond acceptors (Lipinski definition) is 4. The van der Waals surface area contributed by atoms with Crippen molar-refractivity contribution < 1.29 is 18.9 Å². The summed E-state index contributed by atoms with van der Waals surface area (Å²) in [7, 11) is -1.65. The molecule has 0 aliphatic heterocycles. The Bertz CT molecular complexity index is 502. The summed E-state index contributed by atoms with van der Waals surface area (Å²) < 4.78 is 18.2. The molecule has 3 nitrogen and oxygen atoms in total. The van der Waals surface area contributed by atoms with E-state index in [0.29, 0.717) is 17.1 Å². The van der Waals surface area contributed by atoms with Gasteiger partial charge in [0.1, 0.15) is 11.6 Å². The number of rotatable bonds is 5. The van der Waals surface area contributed by atoms with Crippen LogP contribution in [0.2, 0.25) is 0 Å². The van der Waals surface area contributed by atoms with Gasteiger partial charge in [0, 0.05) is 5.75 Å². The zero-order chi connectivity index (χ0) is 13.0. The zero-order valence-electron chi connectivity index (χ0n) is 9.54. The molecule has 0 amide bonds. The van der Waals surface area contributed by atoms with Crippen molar-refractivity contribution in [2.75, 3.05) is 0 Å². The van der Waals surface area contributed by atoms with Crippen LogP contribution in [0.25, 0.3) is 0 Å². The fourth-order valence-electron chi connectivity index (χ4n) is 1.59. The van der Waals surface area contributed by atoms with Crippen LogP contribution in [0.4, 0.5) is 4.39 Å². The molecular weight excluding hydrogens is 254 g/mol. The first-order chi connectivity index (χ1) is 8.66. The third-order valence-corrected chi connectivity index (χ3v) is 3.47. The van der Waals surface area contributed by atoms with E-state index in [0.717, 1.165) is 11.8 Å². The summed E-state index contributed by atoms with van der Waals surface area (Å²) in [6.07, 6.45) is 1.61. The predicted octanol–water partition coefficient (Wildman–Crippen LogP) is 1.53. The third-order valence-electron chi connectivity index (χ3n) is 2.47. The monoisotopic (exact) mass is 266 g/mol. The Kier molecular flexibility index (Phi) is 4.46. The summed E-state index contributed by atoms with van der Waals surface area (Å²) in [5.74, 6) is 1.63. The van der Waals surface area contributed by atoms with Gasteiger partial charge in [0.15, 0.2) is 0 Å². The zero-order valence-corrected chi connectivity index (χ0v) is 10.4. The van der Waals surface area contributed by atoms with Crippen molar-refractivity contribution in [3.8, 4) is 0 Å². The maximum Gasteiger partial charge on any atom is 0.488 e. The van der Waals surface area contributed by atoms with E-state index in [-0.39, 0.29) is 5.46 Å². The smallest absolute Gasteiger partial charge is 0.468 e. The molecule has 18 heavy (non-hydrogen) atoms. The molecule has 2 aromatic rings. The highest BCUT2D eigenvalue weighted by Crippen LogP contribution is 2.17. The van der Waals surface area contributed by atoms with Crippen molar-refractivity contribution in [2.24, 2.45) is 0 Å². The topological polar surface area (TPSA) is 53.6 Å². The van der Waals surface area contributed by atoms with E-state index < -0.39 is 12.9 Å². The molecule has 2 N–H and O–H groups in total. The van der Waals surface area contributed by atoms with Gasteiger partial charge in [-0.3, -0.25) is 0 Å². The van der Waals surface area contributed by atoms with Gasteiger partial charge in [0.25, 0.3) is 0 Å². The van der Waals surface area contributed by atoms with Crippen LogP contribution in [0.1, 0.15) is 11.3 Å². The molecule has 6 heteroatoms. The van der Waals surface area contributed by atoms with Gasteiger partial charge in [-0.05, 0) is 35.3 Å². The Morgan fingerprint density at radius 2 is 2.06 bits per heavy atom. The van der Waals surface area contributed by atoms with E-state index in [1.165, 1.54) is 6.07 Å². The summed E-state index contributed by atoms with van der Waals surface area (Å²) in [6.45, 7) is 0. The number of thioether (sulfide) groups is 1. The molecule has 94 valence electrons. The summed E-state index contributed by atoms with van der Waals surface area (Å²) >= 11 is 1.56. The first-order valence-electron chi connectivity index (χ1n) is 5.41. The standard InChI is InChI=1S/C12H12BFO3S/c14-10-4-3-9(12(6-10)13(15)16)7-18-8-11-2-1-5-17-11/h1-6,15-16H,7-8H2. The Morgan fingerprint density at radius 1 is 1.22 bits per heavy atom. The molecule has 0 bridgehead atoms. The van der Waals surface area contributed by atoms with Gasteiger partial charge >= 0.3 is 7.12 Å². The van der Waals surface area contributed by atoms with Crippen LogP contribution < -0.4 is 5.46 Å². The van der Waals surface area contributed by atoms with Crippen LogP contribution in [-0.4, -0.2) is 17.2 Å². The van der Waals surface area contributed by atoms with Crippen molar-refractivity contribution in [1.29, 1.82) is 0 Å². The maximum atomic E-state index is 13.0. The van der Waals surface area contributed by atoms with Crippen molar-refractivity contribution in [1.82, 2.24) is 0 Å². The van der Waals surface area contributed by atoms with Gasteiger partial charge in [-0.1, -0.05) is 6.07 Å². The van der Waals surface area contributed by atoms with Gasteiger partial charge in [0.05, 0.1) is 12.0 Å². The minimum absolute atomic E-state index is 0.210. The number of halogens is 1. The Morgan fingerprint density at radius 3 is 2.72 bits per heavy atom. The molecule has 1 aromatic carbocycles. The van der Waals surface area contributed by atoms with Crippen LogP contribution in [-0.2, 0) is 11.5 Å². The van der Waals surface area contributed by atoms with Crippen molar-refractivity contribution in [3.63, 3.8) is 0 Å². The average Bonchev–Trinajstić information content (AvgIpc) is 2.84. The second-order valence-corrected chi connectivity index (χ2v) is 4.77. The summed E-state index contributed by atoms with van der Waals surface area (Å²) in [4.78, 5) is 0. The van der Waals surface area contributed by atoms with Crippen molar-refractivity contribution in [2.45, 2.75) is 11.5 Å². The number of hydrogen-bond donors (Lipinski definition) is 2. The van der Waals surface area contributed by atoms with Crippen LogP contribution in [0.3, 0.4) is 0 Å². The summed E-state index contributed by atoms with van der Waals surface area (Å²) in [5, 5.41) is 18.3. The molecular formula is C12H12BFO3S. The highest BCUT2D eigenvalue weighted by Gasteiger charge is 2.16. The molecule has 0 spiro atoms. The Labute approximate surface area is 109 Å². The third kappa shape index (κ3) is 3.38. The lowest BCUT2D eigenvalue weighted by atomic mass is 9.77. The summed E-state index contributed by atoms with van der Waals surface area (Å²) in [6, 6.07) is 7.72. The van der Waals surface area contributed by atoms with Gasteiger partial charge in [-0.2, -0.15) is 0 Å². The molecule has 0 unspecified atom stereocenters. The molecule has 1 heterocycles. The van der Waals surface area contributed by atoms with E-state index in [4.69, 9.17) is 4.42 Å². The first-order valence-corrected chi connectivity index (χ1v) is 6.57. The lowest BCUT2D eigenvalue weighted by Crippen LogP contribution is -2.33. The highest BCUT2D eigenvalue weighted by atomic mass is 32.2. The molecule has 0 saturated heterocycles. The fraction of sp³-hybridized carbons (Fsp3) is 0.167. The maximum absolute atomic E-state index is 13.0. The molecule has 0 fully saturated rings. The molecule has 2 rings (SSSR count). The Balaban J connectivity index is 2.00. The Hall–Kier alpha value is -1.24. The van der Waals surface area contributed by atoms with Crippen LogP contribution in [0.5, 0.6) is 0 Å². The van der Waals surface area contributed by atoms with Gasteiger partial charge in [-0.15, -0.1) is 11.8 Å². The van der Waals surface area contributed by atoms with Gasteiger partial charge in [-0.25, -0.2) is 4.39 Å². The molecule has 0 radical (unpaired) electrons. The highest BCUT2D eigenvalue weighted by molar-refractivity contribution is 7.97. The van der Waals surface area contributed by atoms with Crippen molar-refractivity contribution >= 4 is 24.3 Å². The molecule has 0 aliphatic carbocycles. The van der Waals surface area contributed by atoms with Gasteiger partial charge < -0.3 is 14.5 Å². The molecule has 0 saturated carbocycles. The van der Waals surface area contributed by atoms with E-state index in [2.05, 4.69) is 0 Å². The first kappa shape index (κ1) is 13.2. The lowest BCUT2D eigenvalue weighted by molar-refractivity contribution is 0.425. The van der Waals surface area contributed by atoms with E-state index in [1.54, 1.807) is 24.1 Å². The van der Waals surface area contributed by atoms with Crippen LogP contribution >= 0.6 is 11.8 Å². The quantitative estimate of drug-likeness (QED) is 0.806. The van der Waals surface area contributed by atoms with Crippen molar-refractivity contribution in [3.05, 3.63) is 53.7 Å². The minimum Gasteiger partial charge on any atom is -0.468 e. The number of benzene rings is 1. The summed E-state index contributed by atoms with van der Waals surface area (Å²) in [5.41, 5.74) is 0.921. The number of furan rings is 1. The largest absolute Gasteiger partial charge is 0.488 e. The fourth-order valence-corrected chi connectivity index (χ4v) is 2.54. The molecule has 0 atom stereocenters. The van der Waals surface area contributed by atoms with Crippen LogP contribution in [0.15, 0.2) is 41.0 Å². The second-order valence-electron chi connectivity index (χ2n) is 3.79. The molecule has 1 aromatic heterocycles. The average molecular weight is 266 g/mol. The second kappa shape index (κ2) is 6.09. The van der Waals surface area contributed by atoms with E-state index in [1.807, 2.05) is 12.1 Å².